The van der Waals surface area contributed by atoms with Crippen molar-refractivity contribution < 1.29 is 9.18 Å². The molecule has 146 valence electrons. The van der Waals surface area contributed by atoms with Crippen LogP contribution in [0, 0.1) is 5.82 Å². The summed E-state index contributed by atoms with van der Waals surface area (Å²) >= 11 is 0. The van der Waals surface area contributed by atoms with E-state index in [2.05, 4.69) is 29.2 Å². The van der Waals surface area contributed by atoms with Gasteiger partial charge in [-0.15, -0.1) is 0 Å². The minimum Gasteiger partial charge on any atom is -0.312 e. The molecule has 0 radical (unpaired) electrons. The maximum Gasteiger partial charge on any atom is 0.228 e. The van der Waals surface area contributed by atoms with Crippen LogP contribution in [-0.2, 0) is 23.1 Å². The summed E-state index contributed by atoms with van der Waals surface area (Å²) in [6.07, 6.45) is 6.20. The lowest BCUT2D eigenvalue weighted by molar-refractivity contribution is -0.118. The molecule has 0 aromatic heterocycles. The molecule has 1 saturated heterocycles. The minimum absolute atomic E-state index is 0.121. The van der Waals surface area contributed by atoms with Crippen LogP contribution in [-0.4, -0.2) is 37.0 Å². The van der Waals surface area contributed by atoms with Gasteiger partial charge in [-0.2, -0.15) is 0 Å². The van der Waals surface area contributed by atoms with Crippen molar-refractivity contribution in [2.24, 2.45) is 0 Å². The molecule has 3 nitrogen and oxygen atoms in total. The second-order valence-corrected chi connectivity index (χ2v) is 8.60. The summed E-state index contributed by atoms with van der Waals surface area (Å²) < 4.78 is 13.6. The SMILES string of the molecule is O=C(CCN1CCC2(CCc3ccccc32)CC1)N1CCc2ccc(F)cc21. The van der Waals surface area contributed by atoms with Gasteiger partial charge in [-0.1, -0.05) is 30.3 Å². The van der Waals surface area contributed by atoms with Crippen molar-refractivity contribution in [2.75, 3.05) is 31.1 Å². The lowest BCUT2D eigenvalue weighted by Crippen LogP contribution is -2.43. The van der Waals surface area contributed by atoms with Gasteiger partial charge in [0.2, 0.25) is 5.91 Å². The van der Waals surface area contributed by atoms with Gasteiger partial charge >= 0.3 is 0 Å². The molecule has 1 spiro atoms. The van der Waals surface area contributed by atoms with Gasteiger partial charge in [-0.3, -0.25) is 4.79 Å². The van der Waals surface area contributed by atoms with Crippen LogP contribution in [0.3, 0.4) is 0 Å². The molecule has 1 amide bonds. The van der Waals surface area contributed by atoms with Crippen molar-refractivity contribution >= 4 is 11.6 Å². The first kappa shape index (κ1) is 17.9. The van der Waals surface area contributed by atoms with E-state index in [0.29, 0.717) is 18.4 Å². The van der Waals surface area contributed by atoms with Gasteiger partial charge in [0.05, 0.1) is 0 Å². The Morgan fingerprint density at radius 1 is 0.964 bits per heavy atom. The highest BCUT2D eigenvalue weighted by atomic mass is 19.1. The number of carbonyl (C=O) groups excluding carboxylic acids is 1. The molecule has 2 heterocycles. The number of amides is 1. The molecule has 2 aliphatic heterocycles. The molecule has 28 heavy (non-hydrogen) atoms. The monoisotopic (exact) mass is 378 g/mol. The second-order valence-electron chi connectivity index (χ2n) is 8.60. The number of hydrogen-bond acceptors (Lipinski definition) is 2. The number of fused-ring (bicyclic) bond motifs is 3. The third kappa shape index (κ3) is 3.04. The number of halogens is 1. The predicted octanol–water partition coefficient (Wildman–Crippen LogP) is 4.08. The number of anilines is 1. The highest BCUT2D eigenvalue weighted by Gasteiger charge is 2.40. The normalized spacial score (nSPS) is 20.4. The van der Waals surface area contributed by atoms with Crippen LogP contribution in [0.1, 0.15) is 42.4 Å². The van der Waals surface area contributed by atoms with Gasteiger partial charge in [0.15, 0.2) is 0 Å². The largest absolute Gasteiger partial charge is 0.312 e. The van der Waals surface area contributed by atoms with E-state index < -0.39 is 0 Å². The molecule has 3 aliphatic rings. The molecule has 5 rings (SSSR count). The summed E-state index contributed by atoms with van der Waals surface area (Å²) in [5.74, 6) is -0.146. The number of piperidine rings is 1. The fourth-order valence-corrected chi connectivity index (χ4v) is 5.49. The smallest absolute Gasteiger partial charge is 0.228 e. The van der Waals surface area contributed by atoms with Crippen LogP contribution in [0.15, 0.2) is 42.5 Å². The van der Waals surface area contributed by atoms with E-state index in [4.69, 9.17) is 0 Å². The van der Waals surface area contributed by atoms with Crippen molar-refractivity contribution in [1.29, 1.82) is 0 Å². The minimum atomic E-state index is -0.267. The highest BCUT2D eigenvalue weighted by molar-refractivity contribution is 5.95. The van der Waals surface area contributed by atoms with E-state index in [1.807, 2.05) is 6.07 Å². The molecule has 2 aromatic carbocycles. The Bertz CT molecular complexity index is 901. The summed E-state index contributed by atoms with van der Waals surface area (Å²) in [4.78, 5) is 17.0. The quantitative estimate of drug-likeness (QED) is 0.803. The second kappa shape index (κ2) is 7.00. The van der Waals surface area contributed by atoms with E-state index in [1.165, 1.54) is 43.4 Å². The molecular formula is C24H27FN2O. The third-order valence-corrected chi connectivity index (χ3v) is 7.16. The first-order valence-electron chi connectivity index (χ1n) is 10.5. The number of aryl methyl sites for hydroxylation is 1. The predicted molar refractivity (Wildman–Crippen MR) is 109 cm³/mol. The van der Waals surface area contributed by atoms with Gasteiger partial charge in [0.1, 0.15) is 5.82 Å². The van der Waals surface area contributed by atoms with Crippen LogP contribution in [0.4, 0.5) is 10.1 Å². The number of hydrogen-bond donors (Lipinski definition) is 0. The van der Waals surface area contributed by atoms with E-state index in [1.54, 1.807) is 10.5 Å². The zero-order valence-corrected chi connectivity index (χ0v) is 16.3. The van der Waals surface area contributed by atoms with Gasteiger partial charge in [0, 0.05) is 25.2 Å². The summed E-state index contributed by atoms with van der Waals surface area (Å²) in [5, 5.41) is 0. The molecule has 0 N–H and O–H groups in total. The van der Waals surface area contributed by atoms with Gasteiger partial charge in [-0.05, 0) is 79.4 Å². The fraction of sp³-hybridized carbons (Fsp3) is 0.458. The Labute approximate surface area is 166 Å². The van der Waals surface area contributed by atoms with Crippen LogP contribution in [0.5, 0.6) is 0 Å². The van der Waals surface area contributed by atoms with Crippen molar-refractivity contribution in [2.45, 2.75) is 43.9 Å². The molecule has 1 aliphatic carbocycles. The first-order valence-corrected chi connectivity index (χ1v) is 10.5. The van der Waals surface area contributed by atoms with Gasteiger partial charge in [-0.25, -0.2) is 4.39 Å². The molecular weight excluding hydrogens is 351 g/mol. The lowest BCUT2D eigenvalue weighted by Gasteiger charge is -2.40. The molecule has 0 saturated carbocycles. The van der Waals surface area contributed by atoms with Crippen LogP contribution < -0.4 is 4.90 Å². The first-order chi connectivity index (χ1) is 13.6. The lowest BCUT2D eigenvalue weighted by atomic mass is 9.74. The number of likely N-dealkylation sites (tertiary alicyclic amines) is 1. The summed E-state index contributed by atoms with van der Waals surface area (Å²) in [5.41, 5.74) is 5.31. The van der Waals surface area contributed by atoms with E-state index in [-0.39, 0.29) is 11.7 Å². The topological polar surface area (TPSA) is 23.6 Å². The highest BCUT2D eigenvalue weighted by Crippen LogP contribution is 2.46. The molecule has 4 heteroatoms. The molecule has 0 bridgehead atoms. The van der Waals surface area contributed by atoms with Crippen molar-refractivity contribution in [1.82, 2.24) is 4.90 Å². The standard InChI is InChI=1S/C24H27FN2O/c25-20-6-5-19-8-14-27(22(19)17-20)23(28)9-13-26-15-11-24(12-16-26)10-7-18-3-1-2-4-21(18)24/h1-6,17H,7-16H2. The maximum atomic E-state index is 13.6. The number of nitrogens with zero attached hydrogens (tertiary/aromatic N) is 2. The fourth-order valence-electron chi connectivity index (χ4n) is 5.49. The van der Waals surface area contributed by atoms with Gasteiger partial charge in [0.25, 0.3) is 0 Å². The maximum absolute atomic E-state index is 13.6. The van der Waals surface area contributed by atoms with Crippen LogP contribution in [0.2, 0.25) is 0 Å². The Hall–Kier alpha value is -2.20. The molecule has 0 unspecified atom stereocenters. The van der Waals surface area contributed by atoms with E-state index in [9.17, 15) is 9.18 Å². The summed E-state index contributed by atoms with van der Waals surface area (Å²) in [6, 6.07) is 13.7. The zero-order valence-electron chi connectivity index (χ0n) is 16.3. The number of benzene rings is 2. The van der Waals surface area contributed by atoms with E-state index in [0.717, 1.165) is 37.3 Å². The van der Waals surface area contributed by atoms with Crippen molar-refractivity contribution in [3.05, 3.63) is 65.0 Å². The third-order valence-electron chi connectivity index (χ3n) is 7.16. The Morgan fingerprint density at radius 3 is 2.64 bits per heavy atom. The Morgan fingerprint density at radius 2 is 1.79 bits per heavy atom. The average molecular weight is 378 g/mol. The summed E-state index contributed by atoms with van der Waals surface area (Å²) in [6.45, 7) is 3.61. The number of carbonyl (C=O) groups is 1. The van der Waals surface area contributed by atoms with E-state index >= 15 is 0 Å². The Kier molecular flexibility index (Phi) is 4.47. The number of rotatable bonds is 3. The average Bonchev–Trinajstić information content (AvgIpc) is 3.30. The molecule has 2 aromatic rings. The Balaban J connectivity index is 1.18. The van der Waals surface area contributed by atoms with Crippen LogP contribution in [0.25, 0.3) is 0 Å². The summed E-state index contributed by atoms with van der Waals surface area (Å²) in [7, 11) is 0. The molecule has 0 atom stereocenters. The zero-order chi connectivity index (χ0) is 19.1. The van der Waals surface area contributed by atoms with Crippen molar-refractivity contribution in [3.63, 3.8) is 0 Å². The van der Waals surface area contributed by atoms with Gasteiger partial charge < -0.3 is 9.80 Å². The van der Waals surface area contributed by atoms with Crippen LogP contribution >= 0.6 is 0 Å². The van der Waals surface area contributed by atoms with Crippen molar-refractivity contribution in [3.8, 4) is 0 Å². The molecule has 1 fully saturated rings.